The van der Waals surface area contributed by atoms with Crippen molar-refractivity contribution < 1.29 is 26.5 Å². The van der Waals surface area contributed by atoms with Gasteiger partial charge in [0.25, 0.3) is 0 Å². The minimum absolute atomic E-state index is 0. The van der Waals surface area contributed by atoms with Crippen LogP contribution < -0.4 is 22.7 Å². The first-order valence-electron chi connectivity index (χ1n) is 3.03. The van der Waals surface area contributed by atoms with Crippen LogP contribution in [0.2, 0.25) is 0 Å². The first-order valence-corrected chi connectivity index (χ1v) is 3.91. The van der Waals surface area contributed by atoms with Gasteiger partial charge in [0.1, 0.15) is 6.20 Å². The van der Waals surface area contributed by atoms with E-state index in [4.69, 9.17) is 5.73 Å². The van der Waals surface area contributed by atoms with Gasteiger partial charge in [0, 0.05) is 5.38 Å². The summed E-state index contributed by atoms with van der Waals surface area (Å²) < 4.78 is 6.10. The Labute approximate surface area is 80.4 Å². The maximum absolute atomic E-state index is 10.7. The number of anilines is 1. The van der Waals surface area contributed by atoms with Crippen molar-refractivity contribution in [2.45, 2.75) is 6.54 Å². The minimum atomic E-state index is -0.292. The Bertz CT molecular complexity index is 264. The fourth-order valence-corrected chi connectivity index (χ4v) is 1.26. The number of esters is 1. The molecule has 0 bridgehead atoms. The molecule has 4 nitrogen and oxygen atoms in total. The maximum atomic E-state index is 10.7. The van der Waals surface area contributed by atoms with E-state index in [-0.39, 0.29) is 24.9 Å². The summed E-state index contributed by atoms with van der Waals surface area (Å²) in [5, 5.41) is 2.42. The number of nitrogens with two attached hydrogens (primary N) is 1. The van der Waals surface area contributed by atoms with Crippen LogP contribution in [0, 0.1) is 0 Å². The molecule has 0 aliphatic rings. The fourth-order valence-electron chi connectivity index (χ4n) is 0.649. The van der Waals surface area contributed by atoms with Gasteiger partial charge in [-0.2, -0.15) is 0 Å². The van der Waals surface area contributed by atoms with Gasteiger partial charge >= 0.3 is 11.1 Å². The maximum Gasteiger partial charge on any atom is 0.348 e. The molecular weight excluding hydrogens is 200 g/mol. The molecule has 6 heteroatoms. The second-order valence-electron chi connectivity index (χ2n) is 1.95. The molecule has 0 fully saturated rings. The molecule has 0 aliphatic heterocycles. The van der Waals surface area contributed by atoms with Crippen molar-refractivity contribution in [1.82, 2.24) is 0 Å². The Morgan fingerprint density at radius 1 is 1.83 bits per heavy atom. The molecule has 0 amide bonds. The number of hydrogen-bond donors (Lipinski definition) is 1. The fraction of sp³-hybridized carbons (Fsp3) is 0.333. The van der Waals surface area contributed by atoms with Gasteiger partial charge in [-0.05, 0) is 0 Å². The highest BCUT2D eigenvalue weighted by molar-refractivity contribution is 7.12. The number of nitrogen functional groups attached to an aromatic ring is 1. The largest absolute Gasteiger partial charge is 1.00 e. The van der Waals surface area contributed by atoms with Crippen molar-refractivity contribution in [1.29, 1.82) is 0 Å². The number of carbonyl (C=O) groups excluding carboxylic acids is 1. The molecule has 1 heterocycles. The van der Waals surface area contributed by atoms with Crippen LogP contribution >= 0.6 is 11.3 Å². The van der Waals surface area contributed by atoms with E-state index in [1.165, 1.54) is 18.4 Å². The van der Waals surface area contributed by atoms with E-state index in [2.05, 4.69) is 4.74 Å². The molecule has 1 rings (SSSR count). The van der Waals surface area contributed by atoms with E-state index in [1.807, 2.05) is 5.38 Å². The summed E-state index contributed by atoms with van der Waals surface area (Å²) >= 11 is 1.39. The number of thiazole rings is 1. The molecule has 2 N–H and O–H groups in total. The summed E-state index contributed by atoms with van der Waals surface area (Å²) in [5.74, 6) is -0.292. The molecule has 0 aromatic carbocycles. The van der Waals surface area contributed by atoms with E-state index in [0.29, 0.717) is 5.13 Å². The number of nitrogens with zero attached hydrogens (tertiary/aromatic N) is 1. The Kier molecular flexibility index (Phi) is 4.61. The van der Waals surface area contributed by atoms with E-state index in [0.717, 1.165) is 0 Å². The third-order valence-electron chi connectivity index (χ3n) is 1.24. The van der Waals surface area contributed by atoms with Crippen LogP contribution in [-0.4, -0.2) is 13.1 Å². The van der Waals surface area contributed by atoms with Crippen molar-refractivity contribution in [3.05, 3.63) is 11.6 Å². The van der Waals surface area contributed by atoms with Crippen molar-refractivity contribution in [2.24, 2.45) is 0 Å². The molecule has 0 aliphatic carbocycles. The lowest BCUT2D eigenvalue weighted by Gasteiger charge is -1.94. The van der Waals surface area contributed by atoms with Crippen LogP contribution in [-0.2, 0) is 16.1 Å². The van der Waals surface area contributed by atoms with Crippen molar-refractivity contribution >= 4 is 22.4 Å². The molecular formula is C6H9ClN2O2S. The molecule has 0 unspecified atom stereocenters. The number of carbonyl (C=O) groups is 1. The van der Waals surface area contributed by atoms with Crippen molar-refractivity contribution in [2.75, 3.05) is 12.8 Å². The SMILES string of the molecule is COC(=O)C[n+]1ccsc1N.[Cl-]. The topological polar surface area (TPSA) is 56.2 Å². The third-order valence-corrected chi connectivity index (χ3v) is 1.97. The average molecular weight is 209 g/mol. The number of ether oxygens (including phenoxy) is 1. The predicted molar refractivity (Wildman–Crippen MR) is 40.9 cm³/mol. The summed E-state index contributed by atoms with van der Waals surface area (Å²) in [5.41, 5.74) is 5.52. The second kappa shape index (κ2) is 4.95. The molecule has 0 spiro atoms. The number of hydrogen-bond acceptors (Lipinski definition) is 4. The quantitative estimate of drug-likeness (QED) is 0.412. The van der Waals surface area contributed by atoms with E-state index in [9.17, 15) is 4.79 Å². The molecule has 68 valence electrons. The third kappa shape index (κ3) is 2.67. The minimum Gasteiger partial charge on any atom is -1.00 e. The predicted octanol–water partition coefficient (Wildman–Crippen LogP) is -3.21. The zero-order chi connectivity index (χ0) is 8.27. The number of aromatic nitrogens is 1. The van der Waals surface area contributed by atoms with Crippen molar-refractivity contribution in [3.8, 4) is 0 Å². The van der Waals surface area contributed by atoms with Crippen LogP contribution in [0.15, 0.2) is 11.6 Å². The van der Waals surface area contributed by atoms with Crippen molar-refractivity contribution in [3.63, 3.8) is 0 Å². The Morgan fingerprint density at radius 2 is 2.50 bits per heavy atom. The summed E-state index contributed by atoms with van der Waals surface area (Å²) in [6.45, 7) is 0.186. The lowest BCUT2D eigenvalue weighted by molar-refractivity contribution is -0.667. The highest BCUT2D eigenvalue weighted by atomic mass is 35.5. The highest BCUT2D eigenvalue weighted by Crippen LogP contribution is 2.01. The lowest BCUT2D eigenvalue weighted by Crippen LogP contribution is -3.00. The Balaban J connectivity index is 0.00000121. The first kappa shape index (κ1) is 11.2. The first-order chi connectivity index (χ1) is 5.24. The number of rotatable bonds is 2. The van der Waals surface area contributed by atoms with Gasteiger partial charge in [-0.15, -0.1) is 0 Å². The summed E-state index contributed by atoms with van der Waals surface area (Å²) in [6.07, 6.45) is 1.75. The van der Waals surface area contributed by atoms with Gasteiger partial charge < -0.3 is 17.1 Å². The van der Waals surface area contributed by atoms with Gasteiger partial charge in [0.05, 0.1) is 7.11 Å². The van der Waals surface area contributed by atoms with Gasteiger partial charge in [-0.1, -0.05) is 11.3 Å². The summed E-state index contributed by atoms with van der Waals surface area (Å²) in [4.78, 5) is 10.7. The number of methoxy groups -OCH3 is 1. The molecule has 0 saturated heterocycles. The molecule has 0 saturated carbocycles. The standard InChI is InChI=1S/C6H8N2O2S.ClH/c1-10-5(9)4-8-2-3-11-6(8)7;/h2-3,7H,4H2,1H3;1H. The van der Waals surface area contributed by atoms with E-state index < -0.39 is 0 Å². The zero-order valence-corrected chi connectivity index (χ0v) is 8.06. The summed E-state index contributed by atoms with van der Waals surface area (Å²) in [6, 6.07) is 0. The van der Waals surface area contributed by atoms with Crippen LogP contribution in [0.5, 0.6) is 0 Å². The average Bonchev–Trinajstić information content (AvgIpc) is 2.37. The summed E-state index contributed by atoms with van der Waals surface area (Å²) in [7, 11) is 1.35. The zero-order valence-electron chi connectivity index (χ0n) is 6.49. The van der Waals surface area contributed by atoms with Gasteiger partial charge in [-0.3, -0.25) is 5.73 Å². The second-order valence-corrected chi connectivity index (χ2v) is 2.87. The van der Waals surface area contributed by atoms with Crippen LogP contribution in [0.25, 0.3) is 0 Å². The molecule has 12 heavy (non-hydrogen) atoms. The smallest absolute Gasteiger partial charge is 0.348 e. The van der Waals surface area contributed by atoms with Crippen LogP contribution in [0.4, 0.5) is 5.13 Å². The van der Waals surface area contributed by atoms with Gasteiger partial charge in [0.15, 0.2) is 6.54 Å². The molecule has 1 aromatic heterocycles. The van der Waals surface area contributed by atoms with Crippen LogP contribution in [0.1, 0.15) is 0 Å². The van der Waals surface area contributed by atoms with E-state index in [1.54, 1.807) is 10.8 Å². The van der Waals surface area contributed by atoms with E-state index >= 15 is 0 Å². The monoisotopic (exact) mass is 208 g/mol. The molecule has 0 radical (unpaired) electrons. The Morgan fingerprint density at radius 3 is 2.92 bits per heavy atom. The normalized spacial score (nSPS) is 8.75. The molecule has 1 aromatic rings. The van der Waals surface area contributed by atoms with Gasteiger partial charge in [0.2, 0.25) is 0 Å². The Hall–Kier alpha value is -0.810. The highest BCUT2D eigenvalue weighted by Gasteiger charge is 2.10. The van der Waals surface area contributed by atoms with Crippen LogP contribution in [0.3, 0.4) is 0 Å². The lowest BCUT2D eigenvalue weighted by atomic mass is 10.6. The molecule has 0 atom stereocenters. The van der Waals surface area contributed by atoms with Gasteiger partial charge in [-0.25, -0.2) is 9.36 Å². The number of halogens is 1.